The number of rotatable bonds is 3. The van der Waals surface area contributed by atoms with Gasteiger partial charge in [-0.1, -0.05) is 12.1 Å². The zero-order valence-corrected chi connectivity index (χ0v) is 9.84. The number of phenolic OH excluding ortho intramolecular Hbond substituents is 1. The van der Waals surface area contributed by atoms with Crippen LogP contribution >= 0.6 is 0 Å². The number of nitrogens with zero attached hydrogens (tertiary/aromatic N) is 2. The van der Waals surface area contributed by atoms with Crippen LogP contribution in [0, 0.1) is 0 Å². The van der Waals surface area contributed by atoms with Gasteiger partial charge in [0.2, 0.25) is 0 Å². The molecule has 0 aliphatic carbocycles. The second-order valence-corrected chi connectivity index (χ2v) is 3.84. The quantitative estimate of drug-likeness (QED) is 0.843. The molecule has 1 heterocycles. The molecule has 2 aromatic rings. The Labute approximate surface area is 99.4 Å². The first-order chi connectivity index (χ1) is 8.13. The zero-order valence-electron chi connectivity index (χ0n) is 9.84. The molecule has 1 aromatic carbocycles. The number of hydrogen-bond acceptors (Lipinski definition) is 4. The lowest BCUT2D eigenvalue weighted by molar-refractivity contribution is 0.182. The number of nitrogen functional groups attached to an aromatic ring is 1. The van der Waals surface area contributed by atoms with Crippen molar-refractivity contribution in [1.82, 2.24) is 9.78 Å². The lowest BCUT2D eigenvalue weighted by Gasteiger charge is -2.06. The number of aromatic nitrogens is 2. The molecule has 0 aliphatic rings. The number of hydrogen-bond donors (Lipinski definition) is 2. The summed E-state index contributed by atoms with van der Waals surface area (Å²) in [6, 6.07) is 5.38. The van der Waals surface area contributed by atoms with Crippen LogP contribution in [-0.2, 0) is 18.4 Å². The number of nitrogens with two attached hydrogens (primary N) is 1. The molecule has 2 rings (SSSR count). The summed E-state index contributed by atoms with van der Waals surface area (Å²) in [5.74, 6) is 0.775. The van der Waals surface area contributed by atoms with Crippen molar-refractivity contribution in [3.05, 3.63) is 30.0 Å². The van der Waals surface area contributed by atoms with Gasteiger partial charge in [0.05, 0.1) is 12.8 Å². The summed E-state index contributed by atoms with van der Waals surface area (Å²) in [7, 11) is 3.37. The Bertz CT molecular complexity index is 535. The Balaban J connectivity index is 2.41. The van der Waals surface area contributed by atoms with Crippen molar-refractivity contribution in [2.75, 3.05) is 12.8 Å². The Morgan fingerprint density at radius 3 is 2.76 bits per heavy atom. The maximum absolute atomic E-state index is 9.83. The molecule has 0 fully saturated rings. The van der Waals surface area contributed by atoms with Crippen LogP contribution in [-0.4, -0.2) is 22.0 Å². The molecule has 0 amide bonds. The van der Waals surface area contributed by atoms with Gasteiger partial charge in [-0.15, -0.1) is 0 Å². The van der Waals surface area contributed by atoms with E-state index in [1.165, 1.54) is 0 Å². The van der Waals surface area contributed by atoms with Crippen LogP contribution in [0.4, 0.5) is 5.82 Å². The van der Waals surface area contributed by atoms with Gasteiger partial charge in [-0.25, -0.2) is 0 Å². The van der Waals surface area contributed by atoms with Gasteiger partial charge in [0.15, 0.2) is 0 Å². The summed E-state index contributed by atoms with van der Waals surface area (Å²) in [6.07, 6.45) is 1.68. The van der Waals surface area contributed by atoms with Crippen LogP contribution in [0.2, 0.25) is 0 Å². The van der Waals surface area contributed by atoms with E-state index in [4.69, 9.17) is 10.5 Å². The molecule has 5 nitrogen and oxygen atoms in total. The molecule has 0 radical (unpaired) electrons. The van der Waals surface area contributed by atoms with Crippen LogP contribution in [0.3, 0.4) is 0 Å². The summed E-state index contributed by atoms with van der Waals surface area (Å²) in [6.45, 7) is 0.384. The van der Waals surface area contributed by atoms with Gasteiger partial charge in [-0.3, -0.25) is 4.68 Å². The minimum Gasteiger partial charge on any atom is -0.508 e. The van der Waals surface area contributed by atoms with E-state index in [1.54, 1.807) is 31.1 Å². The molecule has 0 spiro atoms. The third-order valence-electron chi connectivity index (χ3n) is 2.68. The van der Waals surface area contributed by atoms with E-state index in [0.29, 0.717) is 12.4 Å². The smallest absolute Gasteiger partial charge is 0.129 e. The second kappa shape index (κ2) is 4.47. The number of methoxy groups -OCH3 is 1. The van der Waals surface area contributed by atoms with Crippen LogP contribution in [0.5, 0.6) is 5.75 Å². The van der Waals surface area contributed by atoms with Crippen molar-refractivity contribution < 1.29 is 9.84 Å². The SMILES string of the molecule is COCc1ccc(-c2cnn(C)c2N)cc1O. The summed E-state index contributed by atoms with van der Waals surface area (Å²) in [5, 5.41) is 13.9. The zero-order chi connectivity index (χ0) is 12.4. The predicted molar refractivity (Wildman–Crippen MR) is 65.4 cm³/mol. The van der Waals surface area contributed by atoms with E-state index in [1.807, 2.05) is 12.1 Å². The molecule has 0 unspecified atom stereocenters. The lowest BCUT2D eigenvalue weighted by Crippen LogP contribution is -1.98. The highest BCUT2D eigenvalue weighted by molar-refractivity contribution is 5.74. The first-order valence-corrected chi connectivity index (χ1v) is 5.22. The summed E-state index contributed by atoms with van der Waals surface area (Å²) in [5.41, 5.74) is 8.28. The highest BCUT2D eigenvalue weighted by Crippen LogP contribution is 2.29. The maximum Gasteiger partial charge on any atom is 0.129 e. The van der Waals surface area contributed by atoms with Crippen LogP contribution in [0.1, 0.15) is 5.56 Å². The number of aryl methyl sites for hydroxylation is 1. The van der Waals surface area contributed by atoms with E-state index in [-0.39, 0.29) is 5.75 Å². The van der Waals surface area contributed by atoms with Gasteiger partial charge in [0.25, 0.3) is 0 Å². The van der Waals surface area contributed by atoms with Gasteiger partial charge in [0, 0.05) is 25.3 Å². The molecule has 17 heavy (non-hydrogen) atoms. The monoisotopic (exact) mass is 233 g/mol. The first kappa shape index (κ1) is 11.5. The summed E-state index contributed by atoms with van der Waals surface area (Å²) >= 11 is 0. The van der Waals surface area contributed by atoms with Crippen molar-refractivity contribution in [2.45, 2.75) is 6.61 Å². The molecule has 0 saturated carbocycles. The van der Waals surface area contributed by atoms with Crippen LogP contribution in [0.15, 0.2) is 24.4 Å². The third-order valence-corrected chi connectivity index (χ3v) is 2.68. The number of ether oxygens (including phenoxy) is 1. The van der Waals surface area contributed by atoms with E-state index < -0.39 is 0 Å². The number of benzene rings is 1. The van der Waals surface area contributed by atoms with Gasteiger partial charge >= 0.3 is 0 Å². The molecule has 0 bridgehead atoms. The molecule has 0 saturated heterocycles. The highest BCUT2D eigenvalue weighted by Gasteiger charge is 2.09. The van der Waals surface area contributed by atoms with Crippen molar-refractivity contribution in [1.29, 1.82) is 0 Å². The van der Waals surface area contributed by atoms with E-state index >= 15 is 0 Å². The molecule has 0 aliphatic heterocycles. The van der Waals surface area contributed by atoms with Crippen molar-refractivity contribution in [2.24, 2.45) is 7.05 Å². The Morgan fingerprint density at radius 2 is 2.24 bits per heavy atom. The topological polar surface area (TPSA) is 73.3 Å². The van der Waals surface area contributed by atoms with E-state index in [0.717, 1.165) is 16.7 Å². The summed E-state index contributed by atoms with van der Waals surface area (Å²) < 4.78 is 6.57. The van der Waals surface area contributed by atoms with Crippen molar-refractivity contribution in [3.8, 4) is 16.9 Å². The van der Waals surface area contributed by atoms with E-state index in [9.17, 15) is 5.11 Å². The average molecular weight is 233 g/mol. The largest absolute Gasteiger partial charge is 0.508 e. The lowest BCUT2D eigenvalue weighted by atomic mass is 10.1. The first-order valence-electron chi connectivity index (χ1n) is 5.22. The molecule has 0 atom stereocenters. The minimum atomic E-state index is 0.201. The Morgan fingerprint density at radius 1 is 1.47 bits per heavy atom. The summed E-state index contributed by atoms with van der Waals surface area (Å²) in [4.78, 5) is 0. The van der Waals surface area contributed by atoms with Crippen molar-refractivity contribution >= 4 is 5.82 Å². The van der Waals surface area contributed by atoms with Crippen LogP contribution in [0.25, 0.3) is 11.1 Å². The number of phenols is 1. The average Bonchev–Trinajstić information content (AvgIpc) is 2.63. The molecular formula is C12H15N3O2. The Kier molecular flexibility index (Phi) is 3.01. The molecule has 90 valence electrons. The molecular weight excluding hydrogens is 218 g/mol. The van der Waals surface area contributed by atoms with Crippen LogP contribution < -0.4 is 5.73 Å². The fraction of sp³-hybridized carbons (Fsp3) is 0.250. The standard InChI is InChI=1S/C12H15N3O2/c1-15-12(13)10(6-14-15)8-3-4-9(7-17-2)11(16)5-8/h3-6,16H,7,13H2,1-2H3. The molecule has 3 N–H and O–H groups in total. The van der Waals surface area contributed by atoms with Crippen molar-refractivity contribution in [3.63, 3.8) is 0 Å². The predicted octanol–water partition coefficient (Wildman–Crippen LogP) is 1.52. The van der Waals surface area contributed by atoms with Gasteiger partial charge < -0.3 is 15.6 Å². The fourth-order valence-electron chi connectivity index (χ4n) is 1.68. The highest BCUT2D eigenvalue weighted by atomic mass is 16.5. The number of aromatic hydroxyl groups is 1. The molecule has 1 aromatic heterocycles. The normalized spacial score (nSPS) is 10.7. The molecule has 5 heteroatoms. The number of anilines is 1. The van der Waals surface area contributed by atoms with E-state index in [2.05, 4.69) is 5.10 Å². The van der Waals surface area contributed by atoms with Gasteiger partial charge in [-0.2, -0.15) is 5.10 Å². The third kappa shape index (κ3) is 2.09. The second-order valence-electron chi connectivity index (χ2n) is 3.84. The fourth-order valence-corrected chi connectivity index (χ4v) is 1.68. The van der Waals surface area contributed by atoms with Gasteiger partial charge in [0.1, 0.15) is 11.6 Å². The Hall–Kier alpha value is -2.01. The maximum atomic E-state index is 9.83. The van der Waals surface area contributed by atoms with Gasteiger partial charge in [-0.05, 0) is 11.6 Å². The minimum absolute atomic E-state index is 0.201.